The van der Waals surface area contributed by atoms with Gasteiger partial charge in [0.15, 0.2) is 0 Å². The first-order valence-corrected chi connectivity index (χ1v) is 9.75. The normalized spacial score (nSPS) is 16.8. The van der Waals surface area contributed by atoms with Gasteiger partial charge in [0.25, 0.3) is 0 Å². The Bertz CT molecular complexity index is 1170. The fourth-order valence-electron chi connectivity index (χ4n) is 3.74. The summed E-state index contributed by atoms with van der Waals surface area (Å²) in [7, 11) is 0. The van der Waals surface area contributed by atoms with Gasteiger partial charge in [-0.2, -0.15) is 4.98 Å². The molecule has 1 amide bonds. The van der Waals surface area contributed by atoms with Gasteiger partial charge in [-0.05, 0) is 36.8 Å². The van der Waals surface area contributed by atoms with E-state index in [1.807, 2.05) is 53.2 Å². The zero-order valence-electron chi connectivity index (χ0n) is 16.0. The molecule has 29 heavy (non-hydrogen) atoms. The number of carbonyl (C=O) groups is 1. The molecule has 3 heterocycles. The van der Waals surface area contributed by atoms with Crippen LogP contribution in [0.2, 0.25) is 0 Å². The van der Waals surface area contributed by atoms with E-state index >= 15 is 0 Å². The smallest absolute Gasteiger partial charge is 0.232 e. The van der Waals surface area contributed by atoms with E-state index in [1.165, 1.54) is 0 Å². The summed E-state index contributed by atoms with van der Waals surface area (Å²) in [5.74, 6) is 0.937. The first-order chi connectivity index (χ1) is 14.2. The minimum atomic E-state index is -0.113. The standard InChI is InChI=1S/C21H20N6O2/c1-2-10-27-18-9-8-14(11-17(18)23-25-27)20-22-21(29-24-20)15-12-19(28)26(13-15)16-6-4-3-5-7-16/h3-9,11,15H,2,10,12-13H2,1H3/t15-/m0/s1. The van der Waals surface area contributed by atoms with Crippen molar-refractivity contribution in [3.05, 3.63) is 54.4 Å². The number of carbonyl (C=O) groups excluding carboxylic acids is 1. The Balaban J connectivity index is 1.38. The first kappa shape index (κ1) is 17.5. The lowest BCUT2D eigenvalue weighted by Crippen LogP contribution is -2.24. The molecule has 2 aromatic carbocycles. The summed E-state index contributed by atoms with van der Waals surface area (Å²) in [6.07, 6.45) is 1.36. The third-order valence-corrected chi connectivity index (χ3v) is 5.19. The Morgan fingerprint density at radius 3 is 2.86 bits per heavy atom. The largest absolute Gasteiger partial charge is 0.339 e. The number of amides is 1. The molecule has 2 aromatic heterocycles. The summed E-state index contributed by atoms with van der Waals surface area (Å²) in [4.78, 5) is 18.8. The van der Waals surface area contributed by atoms with Crippen molar-refractivity contribution in [2.24, 2.45) is 0 Å². The molecule has 0 saturated carbocycles. The number of para-hydroxylation sites is 1. The van der Waals surface area contributed by atoms with Crippen LogP contribution in [0.4, 0.5) is 5.69 Å². The van der Waals surface area contributed by atoms with Gasteiger partial charge < -0.3 is 9.42 Å². The van der Waals surface area contributed by atoms with E-state index in [1.54, 1.807) is 4.90 Å². The third kappa shape index (κ3) is 3.16. The second-order valence-corrected chi connectivity index (χ2v) is 7.21. The lowest BCUT2D eigenvalue weighted by Gasteiger charge is -2.15. The van der Waals surface area contributed by atoms with Crippen molar-refractivity contribution in [3.63, 3.8) is 0 Å². The van der Waals surface area contributed by atoms with Crippen LogP contribution in [-0.2, 0) is 11.3 Å². The summed E-state index contributed by atoms with van der Waals surface area (Å²) < 4.78 is 7.40. The van der Waals surface area contributed by atoms with Crippen molar-refractivity contribution in [2.45, 2.75) is 32.2 Å². The summed E-state index contributed by atoms with van der Waals surface area (Å²) >= 11 is 0. The molecule has 1 atom stereocenters. The molecular weight excluding hydrogens is 368 g/mol. The maximum Gasteiger partial charge on any atom is 0.232 e. The van der Waals surface area contributed by atoms with Gasteiger partial charge in [0.2, 0.25) is 17.6 Å². The Kier molecular flexibility index (Phi) is 4.31. The Hall–Kier alpha value is -3.55. The maximum absolute atomic E-state index is 12.5. The van der Waals surface area contributed by atoms with Gasteiger partial charge in [-0.1, -0.05) is 35.5 Å². The minimum absolute atomic E-state index is 0.0647. The van der Waals surface area contributed by atoms with Gasteiger partial charge in [-0.3, -0.25) is 4.79 Å². The van der Waals surface area contributed by atoms with Crippen LogP contribution >= 0.6 is 0 Å². The van der Waals surface area contributed by atoms with Crippen LogP contribution in [0.15, 0.2) is 53.1 Å². The van der Waals surface area contributed by atoms with E-state index in [0.717, 1.165) is 35.2 Å². The van der Waals surface area contributed by atoms with Crippen LogP contribution in [-0.4, -0.2) is 37.6 Å². The van der Waals surface area contributed by atoms with E-state index in [4.69, 9.17) is 4.52 Å². The number of fused-ring (bicyclic) bond motifs is 1. The van der Waals surface area contributed by atoms with Crippen molar-refractivity contribution >= 4 is 22.6 Å². The predicted octanol–water partition coefficient (Wildman–Crippen LogP) is 3.41. The highest BCUT2D eigenvalue weighted by molar-refractivity contribution is 5.96. The second-order valence-electron chi connectivity index (χ2n) is 7.21. The summed E-state index contributed by atoms with van der Waals surface area (Å²) in [5.41, 5.74) is 3.49. The topological polar surface area (TPSA) is 89.9 Å². The monoisotopic (exact) mass is 388 g/mol. The number of rotatable bonds is 5. The average Bonchev–Trinajstić information content (AvgIpc) is 3.47. The highest BCUT2D eigenvalue weighted by atomic mass is 16.5. The van der Waals surface area contributed by atoms with Crippen LogP contribution in [0.5, 0.6) is 0 Å². The Morgan fingerprint density at radius 1 is 1.17 bits per heavy atom. The zero-order chi connectivity index (χ0) is 19.8. The molecule has 1 fully saturated rings. The highest BCUT2D eigenvalue weighted by Crippen LogP contribution is 2.32. The Morgan fingerprint density at radius 2 is 2.03 bits per heavy atom. The van der Waals surface area contributed by atoms with Gasteiger partial charge in [0, 0.05) is 30.8 Å². The van der Waals surface area contributed by atoms with Gasteiger partial charge in [-0.25, -0.2) is 4.68 Å². The van der Waals surface area contributed by atoms with Crippen LogP contribution < -0.4 is 4.90 Å². The fourth-order valence-corrected chi connectivity index (χ4v) is 3.74. The molecule has 0 N–H and O–H groups in total. The van der Waals surface area contributed by atoms with Crippen LogP contribution in [0.1, 0.15) is 31.6 Å². The van der Waals surface area contributed by atoms with Gasteiger partial charge in [0.1, 0.15) is 5.52 Å². The molecule has 1 aliphatic rings. The molecule has 1 saturated heterocycles. The molecule has 0 spiro atoms. The minimum Gasteiger partial charge on any atom is -0.339 e. The number of benzene rings is 2. The molecule has 0 bridgehead atoms. The molecule has 8 heteroatoms. The number of nitrogens with zero attached hydrogens (tertiary/aromatic N) is 6. The van der Waals surface area contributed by atoms with E-state index in [-0.39, 0.29) is 11.8 Å². The first-order valence-electron chi connectivity index (χ1n) is 9.75. The van der Waals surface area contributed by atoms with Crippen molar-refractivity contribution < 1.29 is 9.32 Å². The van der Waals surface area contributed by atoms with E-state index < -0.39 is 0 Å². The molecule has 4 aromatic rings. The van der Waals surface area contributed by atoms with Gasteiger partial charge >= 0.3 is 0 Å². The third-order valence-electron chi connectivity index (χ3n) is 5.19. The molecule has 1 aliphatic heterocycles. The number of hydrogen-bond donors (Lipinski definition) is 0. The van der Waals surface area contributed by atoms with E-state index in [0.29, 0.717) is 24.7 Å². The quantitative estimate of drug-likeness (QED) is 0.520. The fraction of sp³-hybridized carbons (Fsp3) is 0.286. The van der Waals surface area contributed by atoms with E-state index in [9.17, 15) is 4.79 Å². The lowest BCUT2D eigenvalue weighted by molar-refractivity contribution is -0.117. The number of aromatic nitrogens is 5. The molecule has 8 nitrogen and oxygen atoms in total. The van der Waals surface area contributed by atoms with Gasteiger partial charge in [0.05, 0.1) is 11.4 Å². The maximum atomic E-state index is 12.5. The summed E-state index contributed by atoms with van der Waals surface area (Å²) in [6, 6.07) is 15.5. The average molecular weight is 388 g/mol. The number of hydrogen-bond acceptors (Lipinski definition) is 6. The van der Waals surface area contributed by atoms with Crippen molar-refractivity contribution in [3.8, 4) is 11.4 Å². The second kappa shape index (κ2) is 7.12. The Labute approximate surface area is 167 Å². The zero-order valence-corrected chi connectivity index (χ0v) is 16.0. The van der Waals surface area contributed by atoms with Crippen molar-refractivity contribution in [1.29, 1.82) is 0 Å². The molecule has 5 rings (SSSR count). The van der Waals surface area contributed by atoms with Crippen LogP contribution in [0, 0.1) is 0 Å². The number of aryl methyl sites for hydroxylation is 1. The van der Waals surface area contributed by atoms with Gasteiger partial charge in [-0.15, -0.1) is 5.10 Å². The lowest BCUT2D eigenvalue weighted by atomic mass is 10.1. The molecule has 0 unspecified atom stereocenters. The number of anilines is 1. The molecule has 0 aliphatic carbocycles. The molecule has 0 radical (unpaired) electrons. The molecular formula is C21H20N6O2. The van der Waals surface area contributed by atoms with E-state index in [2.05, 4.69) is 27.4 Å². The summed E-state index contributed by atoms with van der Waals surface area (Å²) in [5, 5.41) is 12.6. The van der Waals surface area contributed by atoms with Crippen LogP contribution in [0.25, 0.3) is 22.4 Å². The van der Waals surface area contributed by atoms with Crippen molar-refractivity contribution in [2.75, 3.05) is 11.4 Å². The van der Waals surface area contributed by atoms with Crippen molar-refractivity contribution in [1.82, 2.24) is 25.1 Å². The summed E-state index contributed by atoms with van der Waals surface area (Å²) in [6.45, 7) is 3.47. The van der Waals surface area contributed by atoms with Crippen LogP contribution in [0.3, 0.4) is 0 Å². The SMILES string of the molecule is CCCn1nnc2cc(-c3noc([C@H]4CC(=O)N(c5ccccc5)C4)n3)ccc21. The highest BCUT2D eigenvalue weighted by Gasteiger charge is 2.35. The molecule has 146 valence electrons. The predicted molar refractivity (Wildman–Crippen MR) is 107 cm³/mol.